The molecule has 3 heterocycles. The van der Waals surface area contributed by atoms with Crippen molar-refractivity contribution in [3.63, 3.8) is 0 Å². The molecule has 1 aliphatic rings. The van der Waals surface area contributed by atoms with Crippen molar-refractivity contribution in [2.24, 2.45) is 0 Å². The lowest BCUT2D eigenvalue weighted by atomic mass is 9.97. The van der Waals surface area contributed by atoms with Crippen molar-refractivity contribution in [2.75, 3.05) is 40.5 Å². The average molecular weight is 444 g/mol. The van der Waals surface area contributed by atoms with Crippen molar-refractivity contribution >= 4 is 27.3 Å². The first kappa shape index (κ1) is 21.9. The number of sulfonamides is 1. The van der Waals surface area contributed by atoms with Crippen molar-refractivity contribution < 1.29 is 27.4 Å². The number of esters is 1. The number of rotatable bonds is 9. The molecule has 2 aromatic heterocycles. The number of piperidine rings is 1. The second-order valence-corrected chi connectivity index (χ2v) is 9.39. The third kappa shape index (κ3) is 4.86. The van der Waals surface area contributed by atoms with Crippen LogP contribution in [-0.4, -0.2) is 68.8 Å². The number of carbonyl (C=O) groups is 1. The summed E-state index contributed by atoms with van der Waals surface area (Å²) in [7, 11) is -0.886. The zero-order valence-corrected chi connectivity index (χ0v) is 18.1. The van der Waals surface area contributed by atoms with Crippen LogP contribution in [0.25, 0.3) is 0 Å². The number of methoxy groups -OCH3 is 2. The molecule has 0 radical (unpaired) electrons. The largest absolute Gasteiger partial charge is 0.465 e. The maximum Gasteiger partial charge on any atom is 0.349 e. The molecule has 0 spiro atoms. The summed E-state index contributed by atoms with van der Waals surface area (Å²) in [5.74, 6) is 0.402. The maximum atomic E-state index is 13.0. The second-order valence-electron chi connectivity index (χ2n) is 6.57. The zero-order chi connectivity index (χ0) is 20.9. The highest BCUT2D eigenvalue weighted by atomic mass is 32.2. The molecule has 160 valence electrons. The van der Waals surface area contributed by atoms with Gasteiger partial charge in [-0.15, -0.1) is 11.3 Å². The Morgan fingerprint density at radius 1 is 1.28 bits per heavy atom. The van der Waals surface area contributed by atoms with Crippen LogP contribution in [0.1, 0.15) is 34.3 Å². The molecule has 0 amide bonds. The summed E-state index contributed by atoms with van der Waals surface area (Å²) in [4.78, 5) is 16.4. The van der Waals surface area contributed by atoms with Gasteiger partial charge in [0.15, 0.2) is 0 Å². The fraction of sp³-hybridized carbons (Fsp3) is 0.556. The fourth-order valence-electron chi connectivity index (χ4n) is 3.33. The Bertz CT molecular complexity index is 916. The summed E-state index contributed by atoms with van der Waals surface area (Å²) in [5.41, 5.74) is 0. The highest BCUT2D eigenvalue weighted by Gasteiger charge is 2.34. The molecule has 0 saturated carbocycles. The van der Waals surface area contributed by atoms with Crippen LogP contribution in [0, 0.1) is 0 Å². The van der Waals surface area contributed by atoms with E-state index in [1.54, 1.807) is 18.7 Å². The van der Waals surface area contributed by atoms with Crippen molar-refractivity contribution in [1.29, 1.82) is 0 Å². The highest BCUT2D eigenvalue weighted by Crippen LogP contribution is 2.32. The third-order valence-corrected chi connectivity index (χ3v) is 7.81. The van der Waals surface area contributed by atoms with E-state index in [4.69, 9.17) is 14.2 Å². The van der Waals surface area contributed by atoms with Gasteiger partial charge >= 0.3 is 5.97 Å². The fourth-order valence-corrected chi connectivity index (χ4v) is 6.11. The van der Waals surface area contributed by atoms with Gasteiger partial charge in [-0.3, -0.25) is 0 Å². The Labute approximate surface area is 174 Å². The minimum absolute atomic E-state index is 0.0147. The van der Waals surface area contributed by atoms with E-state index >= 15 is 0 Å². The predicted molar refractivity (Wildman–Crippen MR) is 106 cm³/mol. The van der Waals surface area contributed by atoms with Crippen LogP contribution >= 0.6 is 11.3 Å². The minimum Gasteiger partial charge on any atom is -0.465 e. The van der Waals surface area contributed by atoms with E-state index in [0.29, 0.717) is 45.9 Å². The number of hydrogen-bond donors (Lipinski definition) is 0. The summed E-state index contributed by atoms with van der Waals surface area (Å²) in [6.07, 6.45) is 4.88. The Hall–Kier alpha value is -1.79. The first-order valence-corrected chi connectivity index (χ1v) is 11.5. The summed E-state index contributed by atoms with van der Waals surface area (Å²) >= 11 is 1.07. The number of nitrogens with zero attached hydrogens (tertiary/aromatic N) is 3. The predicted octanol–water partition coefficient (Wildman–Crippen LogP) is 1.92. The molecular weight excluding hydrogens is 418 g/mol. The molecule has 0 bridgehead atoms. The molecule has 0 aliphatic carbocycles. The van der Waals surface area contributed by atoms with Crippen LogP contribution in [0.3, 0.4) is 0 Å². The van der Waals surface area contributed by atoms with Crippen molar-refractivity contribution in [1.82, 2.24) is 13.9 Å². The topological polar surface area (TPSA) is 100.0 Å². The number of carbonyl (C=O) groups excluding carboxylic acids is 1. The molecule has 3 rings (SSSR count). The van der Waals surface area contributed by atoms with Crippen molar-refractivity contribution in [3.8, 4) is 0 Å². The Balaban J connectivity index is 1.65. The Morgan fingerprint density at radius 2 is 2.03 bits per heavy atom. The van der Waals surface area contributed by atoms with Gasteiger partial charge in [-0.2, -0.15) is 4.31 Å². The SMILES string of the molecule is COCCOCn1ccnc1C1CCN(S(=O)(=O)c2ccsc2C(=O)OC)CC1. The number of hydrogen-bond acceptors (Lipinski definition) is 8. The van der Waals surface area contributed by atoms with Crippen LogP contribution in [0.2, 0.25) is 0 Å². The summed E-state index contributed by atoms with van der Waals surface area (Å²) in [6, 6.07) is 1.46. The Kier molecular flexibility index (Phi) is 7.41. The van der Waals surface area contributed by atoms with Crippen LogP contribution in [0.15, 0.2) is 28.7 Å². The first-order chi connectivity index (χ1) is 14.0. The normalized spacial score (nSPS) is 16.2. The zero-order valence-electron chi connectivity index (χ0n) is 16.4. The van der Waals surface area contributed by atoms with Crippen LogP contribution in [-0.2, 0) is 31.0 Å². The van der Waals surface area contributed by atoms with Crippen LogP contribution in [0.4, 0.5) is 0 Å². The molecule has 1 fully saturated rings. The van der Waals surface area contributed by atoms with Gasteiger partial charge in [-0.25, -0.2) is 18.2 Å². The van der Waals surface area contributed by atoms with Gasteiger partial charge in [0.2, 0.25) is 10.0 Å². The van der Waals surface area contributed by atoms with Crippen LogP contribution < -0.4 is 0 Å². The summed E-state index contributed by atoms with van der Waals surface area (Å²) in [6.45, 7) is 2.13. The molecule has 0 aromatic carbocycles. The van der Waals surface area contributed by atoms with Gasteiger partial charge in [0.05, 0.1) is 20.3 Å². The second kappa shape index (κ2) is 9.81. The molecule has 0 N–H and O–H groups in total. The molecule has 0 unspecified atom stereocenters. The lowest BCUT2D eigenvalue weighted by molar-refractivity contribution is 0.0321. The number of ether oxygens (including phenoxy) is 3. The van der Waals surface area contributed by atoms with E-state index in [1.807, 2.05) is 10.8 Å². The molecule has 2 aromatic rings. The van der Waals surface area contributed by atoms with Crippen LogP contribution in [0.5, 0.6) is 0 Å². The van der Waals surface area contributed by atoms with Gasteiger partial charge in [-0.1, -0.05) is 0 Å². The van der Waals surface area contributed by atoms with E-state index < -0.39 is 16.0 Å². The monoisotopic (exact) mass is 443 g/mol. The Morgan fingerprint density at radius 3 is 2.72 bits per heavy atom. The molecule has 1 aliphatic heterocycles. The maximum absolute atomic E-state index is 13.0. The van der Waals surface area contributed by atoms with Gasteiger partial charge in [0.1, 0.15) is 22.3 Å². The molecule has 0 atom stereocenters. The number of imidazole rings is 1. The van der Waals surface area contributed by atoms with E-state index in [9.17, 15) is 13.2 Å². The average Bonchev–Trinajstić information content (AvgIpc) is 3.40. The quantitative estimate of drug-likeness (QED) is 0.431. The number of thiophene rings is 1. The van der Waals surface area contributed by atoms with Crippen molar-refractivity contribution in [3.05, 3.63) is 34.5 Å². The molecule has 11 heteroatoms. The summed E-state index contributed by atoms with van der Waals surface area (Å²) < 4.78 is 44.7. The van der Waals surface area contributed by atoms with Gasteiger partial charge < -0.3 is 18.8 Å². The lowest BCUT2D eigenvalue weighted by Crippen LogP contribution is -2.38. The van der Waals surface area contributed by atoms with Gasteiger partial charge in [0.25, 0.3) is 0 Å². The van der Waals surface area contributed by atoms with Gasteiger partial charge in [-0.05, 0) is 24.3 Å². The smallest absolute Gasteiger partial charge is 0.349 e. The van der Waals surface area contributed by atoms with E-state index in [2.05, 4.69) is 4.98 Å². The first-order valence-electron chi connectivity index (χ1n) is 9.22. The standard InChI is InChI=1S/C18H25N3O6S2/c1-25-10-11-27-13-20-9-6-19-17(20)14-3-7-21(8-4-14)29(23,24)15-5-12-28-16(15)18(22)26-2/h5-6,9,12,14H,3-4,7-8,10-11,13H2,1-2H3. The lowest BCUT2D eigenvalue weighted by Gasteiger charge is -2.31. The molecular formula is C18H25N3O6S2. The molecule has 1 saturated heterocycles. The highest BCUT2D eigenvalue weighted by molar-refractivity contribution is 7.89. The summed E-state index contributed by atoms with van der Waals surface area (Å²) in [5, 5.41) is 1.59. The van der Waals surface area contributed by atoms with Crippen molar-refractivity contribution in [2.45, 2.75) is 30.4 Å². The molecule has 29 heavy (non-hydrogen) atoms. The van der Waals surface area contributed by atoms with E-state index in [0.717, 1.165) is 17.2 Å². The van der Waals surface area contributed by atoms with E-state index in [1.165, 1.54) is 17.5 Å². The van der Waals surface area contributed by atoms with E-state index in [-0.39, 0.29) is 15.7 Å². The number of aromatic nitrogens is 2. The third-order valence-electron chi connectivity index (χ3n) is 4.85. The van der Waals surface area contributed by atoms with Gasteiger partial charge in [0, 0.05) is 38.5 Å². The minimum atomic E-state index is -3.75. The molecule has 9 nitrogen and oxygen atoms in total.